The van der Waals surface area contributed by atoms with Gasteiger partial charge >= 0.3 is 0 Å². The van der Waals surface area contributed by atoms with E-state index in [-0.39, 0.29) is 10.3 Å². The summed E-state index contributed by atoms with van der Waals surface area (Å²) in [7, 11) is -2.11. The van der Waals surface area contributed by atoms with Crippen LogP contribution in [0.5, 0.6) is 0 Å². The van der Waals surface area contributed by atoms with Gasteiger partial charge in [-0.2, -0.15) is 0 Å². The van der Waals surface area contributed by atoms with E-state index in [1.165, 1.54) is 13.4 Å². The highest BCUT2D eigenvalue weighted by Gasteiger charge is 2.37. The number of benzene rings is 1. The van der Waals surface area contributed by atoms with Crippen molar-refractivity contribution in [2.24, 2.45) is 0 Å². The molecule has 8 heteroatoms. The Bertz CT molecular complexity index is 868. The van der Waals surface area contributed by atoms with E-state index >= 15 is 0 Å². The van der Waals surface area contributed by atoms with Gasteiger partial charge in [-0.1, -0.05) is 31.5 Å². The molecule has 23 heavy (non-hydrogen) atoms. The van der Waals surface area contributed by atoms with Crippen LogP contribution in [0.4, 0.5) is 11.5 Å². The Hall–Kier alpha value is -1.70. The van der Waals surface area contributed by atoms with Crippen LogP contribution in [0.2, 0.25) is 5.15 Å². The molecule has 0 unspecified atom stereocenters. The molecule has 0 spiro atoms. The molecule has 122 valence electrons. The van der Waals surface area contributed by atoms with Gasteiger partial charge in [-0.05, 0) is 24.7 Å². The van der Waals surface area contributed by atoms with Crippen molar-refractivity contribution in [3.05, 3.63) is 41.3 Å². The normalized spacial score (nSPS) is 16.4. The third kappa shape index (κ3) is 2.80. The number of sulfonamides is 1. The first kappa shape index (κ1) is 16.2. The zero-order chi connectivity index (χ0) is 16.8. The largest absolute Gasteiger partial charge is 0.325 e. The topological polar surface area (TPSA) is 75.2 Å². The standard InChI is InChI=1S/C15H17ClN4O2S/c1-15(2)8-20(14-7-13(16)18-9-19-14)12-6-10(4-5-11(12)15)23(21,22)17-3/h4-7,9,17H,8H2,1-3H3. The maximum absolute atomic E-state index is 12.1. The molecule has 0 amide bonds. The van der Waals surface area contributed by atoms with Crippen LogP contribution in [-0.2, 0) is 15.4 Å². The van der Waals surface area contributed by atoms with E-state index in [2.05, 4.69) is 28.5 Å². The highest BCUT2D eigenvalue weighted by Crippen LogP contribution is 2.44. The molecule has 1 aliphatic heterocycles. The molecule has 0 fully saturated rings. The quantitative estimate of drug-likeness (QED) is 0.859. The van der Waals surface area contributed by atoms with Crippen LogP contribution in [-0.4, -0.2) is 32.0 Å². The van der Waals surface area contributed by atoms with Crippen LogP contribution in [0.3, 0.4) is 0 Å². The van der Waals surface area contributed by atoms with Gasteiger partial charge in [-0.25, -0.2) is 23.1 Å². The fourth-order valence-electron chi connectivity index (χ4n) is 2.83. The number of anilines is 2. The molecule has 0 atom stereocenters. The van der Waals surface area contributed by atoms with Gasteiger partial charge in [0.15, 0.2) is 0 Å². The molecule has 1 aromatic heterocycles. The summed E-state index contributed by atoms with van der Waals surface area (Å²) in [6, 6.07) is 6.84. The zero-order valence-corrected chi connectivity index (χ0v) is 14.6. The molecule has 2 aromatic rings. The molecule has 1 aromatic carbocycles. The maximum Gasteiger partial charge on any atom is 0.240 e. The first-order chi connectivity index (χ1) is 10.7. The van der Waals surface area contributed by atoms with Crippen molar-refractivity contribution >= 4 is 33.1 Å². The van der Waals surface area contributed by atoms with E-state index < -0.39 is 10.0 Å². The molecule has 0 saturated carbocycles. The van der Waals surface area contributed by atoms with Crippen molar-refractivity contribution < 1.29 is 8.42 Å². The Balaban J connectivity index is 2.17. The number of nitrogens with zero attached hydrogens (tertiary/aromatic N) is 3. The van der Waals surface area contributed by atoms with Gasteiger partial charge in [-0.15, -0.1) is 0 Å². The highest BCUT2D eigenvalue weighted by molar-refractivity contribution is 7.89. The van der Waals surface area contributed by atoms with Gasteiger partial charge in [-0.3, -0.25) is 0 Å². The third-order valence-corrected chi connectivity index (χ3v) is 5.64. The van der Waals surface area contributed by atoms with Gasteiger partial charge in [0.2, 0.25) is 10.0 Å². The Morgan fingerprint density at radius 3 is 2.65 bits per heavy atom. The smallest absolute Gasteiger partial charge is 0.240 e. The van der Waals surface area contributed by atoms with Crippen LogP contribution in [0, 0.1) is 0 Å². The fraction of sp³-hybridized carbons (Fsp3) is 0.333. The number of halogens is 1. The minimum Gasteiger partial charge on any atom is -0.325 e. The Kier molecular flexibility index (Phi) is 3.82. The average molecular weight is 353 g/mol. The summed E-state index contributed by atoms with van der Waals surface area (Å²) in [5.74, 6) is 0.649. The monoisotopic (exact) mass is 352 g/mol. The van der Waals surface area contributed by atoms with Crippen molar-refractivity contribution in [1.29, 1.82) is 0 Å². The van der Waals surface area contributed by atoms with E-state index in [0.717, 1.165) is 11.3 Å². The minimum atomic E-state index is -3.51. The summed E-state index contributed by atoms with van der Waals surface area (Å²) < 4.78 is 26.5. The number of hydrogen-bond acceptors (Lipinski definition) is 5. The van der Waals surface area contributed by atoms with Crippen LogP contribution in [0.1, 0.15) is 19.4 Å². The second-order valence-electron chi connectivity index (χ2n) is 6.06. The summed E-state index contributed by atoms with van der Waals surface area (Å²) in [5, 5.41) is 0.347. The SMILES string of the molecule is CNS(=O)(=O)c1ccc2c(c1)N(c1cc(Cl)ncn1)CC2(C)C. The number of nitrogens with one attached hydrogen (secondary N) is 1. The number of fused-ring (bicyclic) bond motifs is 1. The molecule has 1 N–H and O–H groups in total. The molecular formula is C15H17ClN4O2S. The van der Waals surface area contributed by atoms with Crippen LogP contribution < -0.4 is 9.62 Å². The Morgan fingerprint density at radius 2 is 2.00 bits per heavy atom. The van der Waals surface area contributed by atoms with Gasteiger partial charge in [0.25, 0.3) is 0 Å². The first-order valence-corrected chi connectivity index (χ1v) is 8.94. The summed E-state index contributed by atoms with van der Waals surface area (Å²) in [6.45, 7) is 4.90. The molecule has 3 rings (SSSR count). The van der Waals surface area contributed by atoms with E-state index in [1.807, 2.05) is 11.0 Å². The lowest BCUT2D eigenvalue weighted by molar-refractivity contribution is 0.567. The summed E-state index contributed by atoms with van der Waals surface area (Å²) in [5.41, 5.74) is 1.76. The molecule has 1 aliphatic rings. The lowest BCUT2D eigenvalue weighted by Crippen LogP contribution is -2.25. The van der Waals surface area contributed by atoms with E-state index in [1.54, 1.807) is 18.2 Å². The Labute approximate surface area is 140 Å². The lowest BCUT2D eigenvalue weighted by atomic mass is 9.87. The molecule has 6 nitrogen and oxygen atoms in total. The average Bonchev–Trinajstić information content (AvgIpc) is 2.78. The number of aromatic nitrogens is 2. The van der Waals surface area contributed by atoms with Crippen molar-refractivity contribution in [1.82, 2.24) is 14.7 Å². The predicted molar refractivity (Wildman–Crippen MR) is 89.8 cm³/mol. The van der Waals surface area contributed by atoms with Crippen LogP contribution in [0.25, 0.3) is 0 Å². The van der Waals surface area contributed by atoms with E-state index in [4.69, 9.17) is 11.6 Å². The number of hydrogen-bond donors (Lipinski definition) is 1. The summed E-state index contributed by atoms with van der Waals surface area (Å²) >= 11 is 5.96. The molecule has 0 bridgehead atoms. The van der Waals surface area contributed by atoms with E-state index in [0.29, 0.717) is 17.5 Å². The molecule has 0 saturated heterocycles. The predicted octanol–water partition coefficient (Wildman–Crippen LogP) is 2.47. The minimum absolute atomic E-state index is 0.130. The van der Waals surface area contributed by atoms with Crippen LogP contribution >= 0.6 is 11.6 Å². The fourth-order valence-corrected chi connectivity index (χ4v) is 3.72. The first-order valence-electron chi connectivity index (χ1n) is 7.08. The Morgan fingerprint density at radius 1 is 1.26 bits per heavy atom. The summed E-state index contributed by atoms with van der Waals surface area (Å²) in [4.78, 5) is 10.4. The molecule has 2 heterocycles. The summed E-state index contributed by atoms with van der Waals surface area (Å²) in [6.07, 6.45) is 1.40. The second kappa shape index (κ2) is 5.43. The van der Waals surface area contributed by atoms with Crippen LogP contribution in [0.15, 0.2) is 35.5 Å². The molecule has 0 aliphatic carbocycles. The van der Waals surface area contributed by atoms with Gasteiger partial charge in [0.1, 0.15) is 17.3 Å². The van der Waals surface area contributed by atoms with E-state index in [9.17, 15) is 8.42 Å². The number of rotatable bonds is 3. The zero-order valence-electron chi connectivity index (χ0n) is 13.0. The van der Waals surface area contributed by atoms with Crippen molar-refractivity contribution in [3.63, 3.8) is 0 Å². The third-order valence-electron chi connectivity index (χ3n) is 4.02. The van der Waals surface area contributed by atoms with Gasteiger partial charge < -0.3 is 4.90 Å². The second-order valence-corrected chi connectivity index (χ2v) is 8.33. The molecule has 0 radical (unpaired) electrons. The van der Waals surface area contributed by atoms with Gasteiger partial charge in [0.05, 0.1) is 4.90 Å². The van der Waals surface area contributed by atoms with Gasteiger partial charge in [0, 0.05) is 23.7 Å². The maximum atomic E-state index is 12.1. The highest BCUT2D eigenvalue weighted by atomic mass is 35.5. The molecular weight excluding hydrogens is 336 g/mol. The lowest BCUT2D eigenvalue weighted by Gasteiger charge is -2.21. The van der Waals surface area contributed by atoms with Crippen molar-refractivity contribution in [2.75, 3.05) is 18.5 Å². The van der Waals surface area contributed by atoms with Crippen molar-refractivity contribution in [3.8, 4) is 0 Å². The van der Waals surface area contributed by atoms with Crippen molar-refractivity contribution in [2.45, 2.75) is 24.2 Å².